The predicted octanol–water partition coefficient (Wildman–Crippen LogP) is 1.71. The summed E-state index contributed by atoms with van der Waals surface area (Å²) in [6.07, 6.45) is 0. The predicted molar refractivity (Wildman–Crippen MR) is 67.6 cm³/mol. The fourth-order valence-corrected chi connectivity index (χ4v) is 2.18. The average Bonchev–Trinajstić information content (AvgIpc) is 2.37. The average molecular weight is 256 g/mol. The Balaban J connectivity index is 2.93. The Morgan fingerprint density at radius 1 is 1.41 bits per heavy atom. The Labute approximate surface area is 105 Å². The number of methoxy groups -OCH3 is 2. The highest BCUT2D eigenvalue weighted by Gasteiger charge is 2.15. The second-order valence-electron chi connectivity index (χ2n) is 3.27. The highest BCUT2D eigenvalue weighted by molar-refractivity contribution is 7.98. The van der Waals surface area contributed by atoms with E-state index in [1.54, 1.807) is 23.9 Å². The summed E-state index contributed by atoms with van der Waals surface area (Å²) >= 11 is 1.58. The number of aliphatic hydroxyl groups is 1. The fraction of sp³-hybridized carbons (Fsp3) is 0.417. The molecule has 0 unspecified atom stereocenters. The van der Waals surface area contributed by atoms with E-state index in [9.17, 15) is 4.79 Å². The molecule has 0 fully saturated rings. The lowest BCUT2D eigenvalue weighted by Gasteiger charge is -2.11. The van der Waals surface area contributed by atoms with E-state index in [-0.39, 0.29) is 6.61 Å². The maximum Gasteiger partial charge on any atom is 0.341 e. The number of thioether (sulfide) groups is 1. The molecular weight excluding hydrogens is 240 g/mol. The number of esters is 1. The van der Waals surface area contributed by atoms with Gasteiger partial charge in [-0.2, -0.15) is 11.8 Å². The molecule has 1 aromatic carbocycles. The van der Waals surface area contributed by atoms with Gasteiger partial charge in [-0.05, 0) is 6.07 Å². The summed E-state index contributed by atoms with van der Waals surface area (Å²) in [6, 6.07) is 5.37. The number of rotatable bonds is 6. The van der Waals surface area contributed by atoms with Crippen LogP contribution in [0.5, 0.6) is 5.75 Å². The van der Waals surface area contributed by atoms with Crippen LogP contribution in [0.4, 0.5) is 0 Å². The Bertz CT molecular complexity index is 379. The smallest absolute Gasteiger partial charge is 0.341 e. The zero-order valence-electron chi connectivity index (χ0n) is 9.93. The van der Waals surface area contributed by atoms with Crippen molar-refractivity contribution < 1.29 is 19.4 Å². The van der Waals surface area contributed by atoms with Gasteiger partial charge in [-0.15, -0.1) is 0 Å². The molecule has 0 radical (unpaired) electrons. The molecule has 94 valence electrons. The summed E-state index contributed by atoms with van der Waals surface area (Å²) < 4.78 is 9.95. The van der Waals surface area contributed by atoms with Crippen molar-refractivity contribution in [1.29, 1.82) is 0 Å². The lowest BCUT2D eigenvalue weighted by Crippen LogP contribution is -2.05. The summed E-state index contributed by atoms with van der Waals surface area (Å²) in [5, 5.41) is 8.73. The second kappa shape index (κ2) is 7.19. The zero-order chi connectivity index (χ0) is 12.7. The van der Waals surface area contributed by atoms with E-state index in [1.165, 1.54) is 14.2 Å². The summed E-state index contributed by atoms with van der Waals surface area (Å²) in [5.41, 5.74) is 1.35. The number of ether oxygens (including phenoxy) is 2. The van der Waals surface area contributed by atoms with Crippen molar-refractivity contribution in [3.8, 4) is 5.75 Å². The molecule has 1 aromatic rings. The Morgan fingerprint density at radius 3 is 2.76 bits per heavy atom. The first-order valence-electron chi connectivity index (χ1n) is 5.17. The van der Waals surface area contributed by atoms with Crippen molar-refractivity contribution in [3.63, 3.8) is 0 Å². The molecule has 1 rings (SSSR count). The van der Waals surface area contributed by atoms with E-state index in [0.29, 0.717) is 22.8 Å². The Morgan fingerprint density at radius 2 is 2.18 bits per heavy atom. The molecule has 0 bridgehead atoms. The van der Waals surface area contributed by atoms with E-state index >= 15 is 0 Å². The van der Waals surface area contributed by atoms with Crippen LogP contribution < -0.4 is 4.74 Å². The Kier molecular flexibility index (Phi) is 5.86. The highest BCUT2D eigenvalue weighted by atomic mass is 32.2. The zero-order valence-corrected chi connectivity index (χ0v) is 10.8. The first kappa shape index (κ1) is 13.9. The second-order valence-corrected chi connectivity index (χ2v) is 4.37. The van der Waals surface area contributed by atoms with E-state index < -0.39 is 5.97 Å². The van der Waals surface area contributed by atoms with E-state index in [4.69, 9.17) is 14.6 Å². The van der Waals surface area contributed by atoms with Crippen LogP contribution in [-0.4, -0.2) is 37.7 Å². The molecule has 0 saturated heterocycles. The number of carbonyl (C=O) groups excluding carboxylic acids is 1. The largest absolute Gasteiger partial charge is 0.496 e. The number of hydrogen-bond donors (Lipinski definition) is 1. The molecule has 0 aliphatic rings. The van der Waals surface area contributed by atoms with Crippen LogP contribution in [0.3, 0.4) is 0 Å². The van der Waals surface area contributed by atoms with Crippen LogP contribution >= 0.6 is 11.8 Å². The molecule has 5 heteroatoms. The first-order valence-corrected chi connectivity index (χ1v) is 6.32. The van der Waals surface area contributed by atoms with Gasteiger partial charge in [0, 0.05) is 17.1 Å². The van der Waals surface area contributed by atoms with Crippen molar-refractivity contribution in [3.05, 3.63) is 29.3 Å². The third-order valence-electron chi connectivity index (χ3n) is 2.20. The minimum absolute atomic E-state index is 0.143. The van der Waals surface area contributed by atoms with Gasteiger partial charge >= 0.3 is 5.97 Å². The molecule has 17 heavy (non-hydrogen) atoms. The topological polar surface area (TPSA) is 55.8 Å². The van der Waals surface area contributed by atoms with Crippen LogP contribution in [0.1, 0.15) is 15.9 Å². The Hall–Kier alpha value is -1.20. The monoisotopic (exact) mass is 256 g/mol. The first-order chi connectivity index (χ1) is 8.24. The highest BCUT2D eigenvalue weighted by Crippen LogP contribution is 2.27. The lowest BCUT2D eigenvalue weighted by atomic mass is 10.1. The van der Waals surface area contributed by atoms with Crippen molar-refractivity contribution in [1.82, 2.24) is 0 Å². The van der Waals surface area contributed by atoms with Gasteiger partial charge in [0.15, 0.2) is 0 Å². The summed E-state index contributed by atoms with van der Waals surface area (Å²) in [4.78, 5) is 11.5. The molecule has 0 aromatic heterocycles. The maximum absolute atomic E-state index is 11.5. The van der Waals surface area contributed by atoms with E-state index in [0.717, 1.165) is 5.56 Å². The van der Waals surface area contributed by atoms with Crippen LogP contribution in [0, 0.1) is 0 Å². The number of benzene rings is 1. The minimum atomic E-state index is -0.407. The van der Waals surface area contributed by atoms with Crippen LogP contribution in [0.2, 0.25) is 0 Å². The molecule has 1 N–H and O–H groups in total. The van der Waals surface area contributed by atoms with Crippen LogP contribution in [0.25, 0.3) is 0 Å². The molecule has 4 nitrogen and oxygen atoms in total. The third kappa shape index (κ3) is 3.64. The van der Waals surface area contributed by atoms with E-state index in [1.807, 2.05) is 6.07 Å². The molecule has 0 heterocycles. The standard InChI is InChI=1S/C12H16O4S/c1-15-11-9(8-17-7-6-13)4-3-5-10(11)12(14)16-2/h3-5,13H,6-8H2,1-2H3. The molecule has 0 aliphatic heterocycles. The van der Waals surface area contributed by atoms with Crippen LogP contribution in [0.15, 0.2) is 18.2 Å². The third-order valence-corrected chi connectivity index (χ3v) is 3.19. The van der Waals surface area contributed by atoms with Gasteiger partial charge < -0.3 is 14.6 Å². The van der Waals surface area contributed by atoms with Gasteiger partial charge in [-0.3, -0.25) is 0 Å². The number of aliphatic hydroxyl groups excluding tert-OH is 1. The fourth-order valence-electron chi connectivity index (χ4n) is 1.46. The number of para-hydroxylation sites is 1. The molecule has 0 atom stereocenters. The van der Waals surface area contributed by atoms with Crippen molar-refractivity contribution in [2.45, 2.75) is 5.75 Å². The van der Waals surface area contributed by atoms with E-state index in [2.05, 4.69) is 0 Å². The van der Waals surface area contributed by atoms with Gasteiger partial charge in [-0.1, -0.05) is 12.1 Å². The summed E-state index contributed by atoms with van der Waals surface area (Å²) in [5.74, 6) is 1.49. The van der Waals surface area contributed by atoms with Gasteiger partial charge in [-0.25, -0.2) is 4.79 Å². The van der Waals surface area contributed by atoms with Gasteiger partial charge in [0.1, 0.15) is 11.3 Å². The minimum Gasteiger partial charge on any atom is -0.496 e. The molecule has 0 saturated carbocycles. The van der Waals surface area contributed by atoms with Crippen molar-refractivity contribution in [2.75, 3.05) is 26.6 Å². The van der Waals surface area contributed by atoms with Crippen molar-refractivity contribution >= 4 is 17.7 Å². The van der Waals surface area contributed by atoms with Gasteiger partial charge in [0.2, 0.25) is 0 Å². The van der Waals surface area contributed by atoms with Crippen LogP contribution in [-0.2, 0) is 10.5 Å². The SMILES string of the molecule is COC(=O)c1cccc(CSCCO)c1OC. The van der Waals surface area contributed by atoms with Crippen molar-refractivity contribution in [2.24, 2.45) is 0 Å². The number of carbonyl (C=O) groups is 1. The molecule has 0 amide bonds. The normalized spacial score (nSPS) is 10.1. The summed E-state index contributed by atoms with van der Waals surface area (Å²) in [7, 11) is 2.87. The van der Waals surface area contributed by atoms with Gasteiger partial charge in [0.05, 0.1) is 20.8 Å². The van der Waals surface area contributed by atoms with Gasteiger partial charge in [0.25, 0.3) is 0 Å². The molecular formula is C12H16O4S. The summed E-state index contributed by atoms with van der Waals surface area (Å²) in [6.45, 7) is 0.143. The quantitative estimate of drug-likeness (QED) is 0.620. The number of hydrogen-bond acceptors (Lipinski definition) is 5. The molecule has 0 spiro atoms. The molecule has 0 aliphatic carbocycles. The lowest BCUT2D eigenvalue weighted by molar-refractivity contribution is 0.0597. The maximum atomic E-state index is 11.5.